The first-order valence-corrected chi connectivity index (χ1v) is 6.14. The molecule has 3 N–H and O–H groups in total. The molecular formula is C13H18N4O. The molecule has 0 spiro atoms. The number of benzene rings is 1. The Balaban J connectivity index is 1.91. The molecule has 18 heavy (non-hydrogen) atoms. The van der Waals surface area contributed by atoms with Crippen LogP contribution in [0.4, 0.5) is 0 Å². The summed E-state index contributed by atoms with van der Waals surface area (Å²) in [5.74, 6) is 0.0282. The van der Waals surface area contributed by atoms with Crippen molar-refractivity contribution in [3.63, 3.8) is 0 Å². The number of nitrogens with one attached hydrogen (secondary N) is 3. The van der Waals surface area contributed by atoms with Crippen molar-refractivity contribution in [1.29, 1.82) is 0 Å². The van der Waals surface area contributed by atoms with Crippen molar-refractivity contribution in [2.24, 2.45) is 0 Å². The first kappa shape index (κ1) is 12.6. The molecule has 1 heterocycles. The summed E-state index contributed by atoms with van der Waals surface area (Å²) in [5.41, 5.74) is 1.77. The molecule has 96 valence electrons. The van der Waals surface area contributed by atoms with Crippen LogP contribution in [0.3, 0.4) is 0 Å². The van der Waals surface area contributed by atoms with E-state index in [1.807, 2.05) is 31.3 Å². The van der Waals surface area contributed by atoms with Crippen LogP contribution in [0.1, 0.15) is 12.1 Å². The molecule has 1 aromatic heterocycles. The number of hydrogen-bond acceptors (Lipinski definition) is 3. The van der Waals surface area contributed by atoms with Gasteiger partial charge in [-0.3, -0.25) is 9.89 Å². The van der Waals surface area contributed by atoms with Crippen molar-refractivity contribution in [2.45, 2.75) is 12.8 Å². The highest BCUT2D eigenvalue weighted by atomic mass is 16.1. The van der Waals surface area contributed by atoms with E-state index < -0.39 is 0 Å². The molecule has 5 heteroatoms. The van der Waals surface area contributed by atoms with E-state index in [0.717, 1.165) is 29.6 Å². The molecule has 0 saturated heterocycles. The molecule has 0 aliphatic heterocycles. The van der Waals surface area contributed by atoms with Crippen molar-refractivity contribution < 1.29 is 4.79 Å². The van der Waals surface area contributed by atoms with Gasteiger partial charge < -0.3 is 10.6 Å². The number of para-hydroxylation sites is 1. The van der Waals surface area contributed by atoms with Crippen LogP contribution in [0.15, 0.2) is 24.3 Å². The molecular weight excluding hydrogens is 228 g/mol. The third-order valence-electron chi connectivity index (χ3n) is 2.80. The molecule has 0 unspecified atom stereocenters. The molecule has 5 nitrogen and oxygen atoms in total. The van der Waals surface area contributed by atoms with E-state index in [-0.39, 0.29) is 5.91 Å². The minimum absolute atomic E-state index is 0.0282. The molecule has 0 fully saturated rings. The van der Waals surface area contributed by atoms with Gasteiger partial charge in [0.15, 0.2) is 0 Å². The molecule has 0 atom stereocenters. The predicted molar refractivity (Wildman–Crippen MR) is 71.4 cm³/mol. The van der Waals surface area contributed by atoms with E-state index in [1.54, 1.807) is 0 Å². The van der Waals surface area contributed by atoms with Gasteiger partial charge in [0, 0.05) is 11.9 Å². The topological polar surface area (TPSA) is 69.8 Å². The number of hydrogen-bond donors (Lipinski definition) is 3. The summed E-state index contributed by atoms with van der Waals surface area (Å²) in [7, 11) is 1.90. The first-order chi connectivity index (χ1) is 8.81. The number of carbonyl (C=O) groups is 1. The zero-order valence-corrected chi connectivity index (χ0v) is 10.5. The third-order valence-corrected chi connectivity index (χ3v) is 2.80. The van der Waals surface area contributed by atoms with Crippen molar-refractivity contribution in [3.05, 3.63) is 30.0 Å². The fourth-order valence-electron chi connectivity index (χ4n) is 1.87. The first-order valence-electron chi connectivity index (χ1n) is 6.14. The summed E-state index contributed by atoms with van der Waals surface area (Å²) in [4.78, 5) is 11.7. The highest BCUT2D eigenvalue weighted by molar-refractivity contribution is 5.87. The zero-order valence-electron chi connectivity index (χ0n) is 10.5. The van der Waals surface area contributed by atoms with E-state index in [0.29, 0.717) is 13.0 Å². The Morgan fingerprint density at radius 3 is 3.00 bits per heavy atom. The Labute approximate surface area is 106 Å². The maximum atomic E-state index is 11.7. The SMILES string of the molecule is CNCCCNC(=O)Cc1[nH]nc2ccccc12. The van der Waals surface area contributed by atoms with Crippen LogP contribution < -0.4 is 10.6 Å². The molecule has 0 aliphatic carbocycles. The van der Waals surface area contributed by atoms with Crippen LogP contribution in [-0.2, 0) is 11.2 Å². The maximum absolute atomic E-state index is 11.7. The normalized spacial score (nSPS) is 10.7. The number of nitrogens with zero attached hydrogens (tertiary/aromatic N) is 1. The minimum atomic E-state index is 0.0282. The average Bonchev–Trinajstić information content (AvgIpc) is 2.78. The van der Waals surface area contributed by atoms with Crippen LogP contribution in [0.25, 0.3) is 10.9 Å². The van der Waals surface area contributed by atoms with Gasteiger partial charge in [-0.2, -0.15) is 5.10 Å². The molecule has 0 radical (unpaired) electrons. The van der Waals surface area contributed by atoms with Gasteiger partial charge in [0.25, 0.3) is 0 Å². The number of aromatic nitrogens is 2. The molecule has 2 aromatic rings. The Morgan fingerprint density at radius 1 is 1.33 bits per heavy atom. The largest absolute Gasteiger partial charge is 0.356 e. The van der Waals surface area contributed by atoms with Crippen LogP contribution >= 0.6 is 0 Å². The van der Waals surface area contributed by atoms with Gasteiger partial charge in [-0.1, -0.05) is 18.2 Å². The Morgan fingerprint density at radius 2 is 2.17 bits per heavy atom. The predicted octanol–water partition coefficient (Wildman–Crippen LogP) is 0.831. The number of amides is 1. The Bertz CT molecular complexity index is 520. The second-order valence-electron chi connectivity index (χ2n) is 4.20. The molecule has 0 aliphatic rings. The second kappa shape index (κ2) is 6.16. The lowest BCUT2D eigenvalue weighted by atomic mass is 10.1. The molecule has 2 rings (SSSR count). The van der Waals surface area contributed by atoms with E-state index >= 15 is 0 Å². The number of rotatable bonds is 6. The van der Waals surface area contributed by atoms with Crippen molar-refractivity contribution in [2.75, 3.05) is 20.1 Å². The lowest BCUT2D eigenvalue weighted by molar-refractivity contribution is -0.120. The standard InChI is InChI=1S/C13H18N4O/c1-14-7-4-8-15-13(18)9-12-10-5-2-3-6-11(10)16-17-12/h2-3,5-6,14H,4,7-9H2,1H3,(H,15,18)(H,16,17). The summed E-state index contributed by atoms with van der Waals surface area (Å²) < 4.78 is 0. The lowest BCUT2D eigenvalue weighted by Gasteiger charge is -2.04. The van der Waals surface area contributed by atoms with E-state index in [9.17, 15) is 4.79 Å². The molecule has 0 saturated carbocycles. The fourth-order valence-corrected chi connectivity index (χ4v) is 1.87. The van der Waals surface area contributed by atoms with Crippen LogP contribution in [0.5, 0.6) is 0 Å². The monoisotopic (exact) mass is 246 g/mol. The Hall–Kier alpha value is -1.88. The van der Waals surface area contributed by atoms with Crippen LogP contribution in [-0.4, -0.2) is 36.2 Å². The van der Waals surface area contributed by atoms with Gasteiger partial charge in [0.1, 0.15) is 0 Å². The number of H-pyrrole nitrogens is 1. The fraction of sp³-hybridized carbons (Fsp3) is 0.385. The highest BCUT2D eigenvalue weighted by Crippen LogP contribution is 2.15. The van der Waals surface area contributed by atoms with Gasteiger partial charge in [0.2, 0.25) is 5.91 Å². The van der Waals surface area contributed by atoms with Crippen LogP contribution in [0.2, 0.25) is 0 Å². The smallest absolute Gasteiger partial charge is 0.226 e. The van der Waals surface area contributed by atoms with Gasteiger partial charge >= 0.3 is 0 Å². The number of carbonyl (C=O) groups excluding carboxylic acids is 1. The highest BCUT2D eigenvalue weighted by Gasteiger charge is 2.08. The molecule has 1 amide bonds. The van der Waals surface area contributed by atoms with Crippen LogP contribution in [0, 0.1) is 0 Å². The number of fused-ring (bicyclic) bond motifs is 1. The molecule has 0 bridgehead atoms. The van der Waals surface area contributed by atoms with Crippen molar-refractivity contribution >= 4 is 16.8 Å². The summed E-state index contributed by atoms with van der Waals surface area (Å²) in [5, 5.41) is 14.0. The van der Waals surface area contributed by atoms with Crippen molar-refractivity contribution in [1.82, 2.24) is 20.8 Å². The van der Waals surface area contributed by atoms with E-state index in [1.165, 1.54) is 0 Å². The third kappa shape index (κ3) is 3.07. The summed E-state index contributed by atoms with van der Waals surface area (Å²) in [6.45, 7) is 1.61. The zero-order chi connectivity index (χ0) is 12.8. The minimum Gasteiger partial charge on any atom is -0.356 e. The maximum Gasteiger partial charge on any atom is 0.226 e. The number of aromatic amines is 1. The van der Waals surface area contributed by atoms with Gasteiger partial charge in [0.05, 0.1) is 17.6 Å². The quantitative estimate of drug-likeness (QED) is 0.661. The van der Waals surface area contributed by atoms with Crippen molar-refractivity contribution in [3.8, 4) is 0 Å². The van der Waals surface area contributed by atoms with Gasteiger partial charge in [-0.15, -0.1) is 0 Å². The summed E-state index contributed by atoms with van der Waals surface area (Å²) >= 11 is 0. The average molecular weight is 246 g/mol. The Kier molecular flexibility index (Phi) is 4.30. The summed E-state index contributed by atoms with van der Waals surface area (Å²) in [6.07, 6.45) is 1.28. The second-order valence-corrected chi connectivity index (χ2v) is 4.20. The van der Waals surface area contributed by atoms with E-state index in [4.69, 9.17) is 0 Å². The molecule has 1 aromatic carbocycles. The van der Waals surface area contributed by atoms with E-state index in [2.05, 4.69) is 20.8 Å². The lowest BCUT2D eigenvalue weighted by Crippen LogP contribution is -2.28. The van der Waals surface area contributed by atoms with Gasteiger partial charge in [-0.05, 0) is 26.1 Å². The summed E-state index contributed by atoms with van der Waals surface area (Å²) in [6, 6.07) is 7.79. The van der Waals surface area contributed by atoms with Gasteiger partial charge in [-0.25, -0.2) is 0 Å².